The van der Waals surface area contributed by atoms with Crippen molar-refractivity contribution >= 4 is 11.9 Å². The number of rotatable bonds is 9. The molecule has 1 aliphatic heterocycles. The van der Waals surface area contributed by atoms with Gasteiger partial charge in [-0.3, -0.25) is 4.99 Å². The Hall–Kier alpha value is -3.47. The van der Waals surface area contributed by atoms with E-state index in [0.717, 1.165) is 0 Å². The first kappa shape index (κ1) is 25.2. The van der Waals surface area contributed by atoms with Crippen molar-refractivity contribution in [1.82, 2.24) is 14.9 Å². The lowest BCUT2D eigenvalue weighted by Crippen LogP contribution is -2.41. The van der Waals surface area contributed by atoms with E-state index in [9.17, 15) is 9.18 Å². The van der Waals surface area contributed by atoms with Crippen molar-refractivity contribution in [3.8, 4) is 17.5 Å². The minimum absolute atomic E-state index is 0.0257. The van der Waals surface area contributed by atoms with E-state index in [4.69, 9.17) is 25.1 Å². The fourth-order valence-electron chi connectivity index (χ4n) is 3.36. The molecular weight excluding hydrogens is 445 g/mol. The van der Waals surface area contributed by atoms with Gasteiger partial charge in [0.1, 0.15) is 18.3 Å². The summed E-state index contributed by atoms with van der Waals surface area (Å²) in [5.74, 6) is 0.0429. The summed E-state index contributed by atoms with van der Waals surface area (Å²) < 4.78 is 31.8. The van der Waals surface area contributed by atoms with E-state index in [-0.39, 0.29) is 29.7 Å². The minimum atomic E-state index is -0.937. The van der Waals surface area contributed by atoms with Crippen LogP contribution >= 0.6 is 0 Å². The van der Waals surface area contributed by atoms with Crippen LogP contribution in [0.25, 0.3) is 0 Å². The molecule has 0 unspecified atom stereocenters. The van der Waals surface area contributed by atoms with Gasteiger partial charge in [0.25, 0.3) is 0 Å². The average Bonchev–Trinajstić information content (AvgIpc) is 2.80. The number of nitrogens with two attached hydrogens (primary N) is 1. The van der Waals surface area contributed by atoms with Gasteiger partial charge in [0.2, 0.25) is 11.8 Å². The summed E-state index contributed by atoms with van der Waals surface area (Å²) in [5.41, 5.74) is 6.90. The Morgan fingerprint density at radius 2 is 2.00 bits per heavy atom. The van der Waals surface area contributed by atoms with E-state index in [1.807, 2.05) is 13.8 Å². The van der Waals surface area contributed by atoms with Crippen LogP contribution in [-0.4, -0.2) is 70.4 Å². The summed E-state index contributed by atoms with van der Waals surface area (Å²) in [6.45, 7) is 7.17. The maximum Gasteiger partial charge on any atom is 0.407 e. The maximum absolute atomic E-state index is 14.7. The maximum atomic E-state index is 14.7. The molecular formula is C23H30FN5O5. The Labute approximate surface area is 197 Å². The molecule has 0 radical (unpaired) electrons. The van der Waals surface area contributed by atoms with Crippen LogP contribution in [0, 0.1) is 12.7 Å². The van der Waals surface area contributed by atoms with E-state index in [0.29, 0.717) is 56.1 Å². The molecule has 1 aliphatic rings. The Kier molecular flexibility index (Phi) is 8.58. The van der Waals surface area contributed by atoms with Crippen molar-refractivity contribution in [1.29, 1.82) is 0 Å². The number of aliphatic imine (C=N–C) groups is 1. The second kappa shape index (κ2) is 11.6. The highest BCUT2D eigenvalue weighted by molar-refractivity contribution is 5.97. The summed E-state index contributed by atoms with van der Waals surface area (Å²) >= 11 is 0. The first-order valence-corrected chi connectivity index (χ1v) is 11.1. The van der Waals surface area contributed by atoms with Crippen molar-refractivity contribution in [2.45, 2.75) is 45.8 Å². The molecule has 0 saturated carbocycles. The zero-order valence-corrected chi connectivity index (χ0v) is 19.5. The molecule has 3 rings (SSSR count). The van der Waals surface area contributed by atoms with Crippen molar-refractivity contribution in [2.24, 2.45) is 10.7 Å². The highest BCUT2D eigenvalue weighted by Crippen LogP contribution is 2.30. The Bertz CT molecular complexity index is 1020. The molecule has 0 aliphatic carbocycles. The summed E-state index contributed by atoms with van der Waals surface area (Å²) in [7, 11) is 0. The van der Waals surface area contributed by atoms with Crippen LogP contribution in [-0.2, 0) is 4.74 Å². The zero-order valence-electron chi connectivity index (χ0n) is 19.5. The van der Waals surface area contributed by atoms with Crippen molar-refractivity contribution in [3.63, 3.8) is 0 Å². The number of aromatic nitrogens is 2. The lowest BCUT2D eigenvalue weighted by atomic mass is 10.1. The number of amides is 1. The van der Waals surface area contributed by atoms with Crippen molar-refractivity contribution in [2.75, 3.05) is 26.2 Å². The first-order valence-electron chi connectivity index (χ1n) is 11.1. The van der Waals surface area contributed by atoms with Crippen LogP contribution in [0.15, 0.2) is 29.5 Å². The van der Waals surface area contributed by atoms with Gasteiger partial charge in [-0.2, -0.15) is 0 Å². The van der Waals surface area contributed by atoms with Gasteiger partial charge < -0.3 is 30.0 Å². The number of benzene rings is 1. The third-order valence-electron chi connectivity index (χ3n) is 5.24. The molecule has 11 heteroatoms. The second-order valence-corrected chi connectivity index (χ2v) is 8.13. The fraction of sp³-hybridized carbons (Fsp3) is 0.478. The van der Waals surface area contributed by atoms with Gasteiger partial charge in [0.15, 0.2) is 11.6 Å². The van der Waals surface area contributed by atoms with E-state index >= 15 is 0 Å². The predicted molar refractivity (Wildman–Crippen MR) is 123 cm³/mol. The van der Waals surface area contributed by atoms with Crippen LogP contribution in [0.5, 0.6) is 17.5 Å². The van der Waals surface area contributed by atoms with Crippen molar-refractivity contribution in [3.05, 3.63) is 41.5 Å². The van der Waals surface area contributed by atoms with E-state index in [2.05, 4.69) is 15.0 Å². The fourth-order valence-corrected chi connectivity index (χ4v) is 3.36. The van der Waals surface area contributed by atoms with E-state index in [1.54, 1.807) is 13.0 Å². The van der Waals surface area contributed by atoms with E-state index < -0.39 is 11.9 Å². The molecule has 34 heavy (non-hydrogen) atoms. The molecule has 0 atom stereocenters. The number of hydrogen-bond donors (Lipinski definition) is 2. The second-order valence-electron chi connectivity index (χ2n) is 8.13. The van der Waals surface area contributed by atoms with Gasteiger partial charge in [-0.1, -0.05) is 0 Å². The predicted octanol–water partition coefficient (Wildman–Crippen LogP) is 3.37. The molecule has 1 saturated heterocycles. The largest absolute Gasteiger partial charge is 0.474 e. The molecule has 2 aromatic rings. The van der Waals surface area contributed by atoms with Crippen molar-refractivity contribution < 1.29 is 28.5 Å². The third-order valence-corrected chi connectivity index (χ3v) is 5.24. The molecule has 184 valence electrons. The Morgan fingerprint density at radius 3 is 2.65 bits per heavy atom. The smallest absolute Gasteiger partial charge is 0.407 e. The highest BCUT2D eigenvalue weighted by Gasteiger charge is 2.25. The van der Waals surface area contributed by atoms with Crippen LogP contribution in [0.3, 0.4) is 0 Å². The van der Waals surface area contributed by atoms with Gasteiger partial charge in [-0.05, 0) is 39.0 Å². The summed E-state index contributed by atoms with van der Waals surface area (Å²) in [4.78, 5) is 24.9. The van der Waals surface area contributed by atoms with Crippen LogP contribution in [0.1, 0.15) is 37.8 Å². The lowest BCUT2D eigenvalue weighted by Gasteiger charge is -2.30. The molecule has 3 N–H and O–H groups in total. The molecule has 10 nitrogen and oxygen atoms in total. The quantitative estimate of drug-likeness (QED) is 0.320. The van der Waals surface area contributed by atoms with Gasteiger partial charge in [-0.25, -0.2) is 19.2 Å². The van der Waals surface area contributed by atoms with Gasteiger partial charge in [-0.15, -0.1) is 0 Å². The number of halogens is 1. The summed E-state index contributed by atoms with van der Waals surface area (Å²) in [5, 5.41) is 9.07. The number of ether oxygens (including phenoxy) is 3. The van der Waals surface area contributed by atoms with E-state index in [1.165, 1.54) is 23.4 Å². The number of piperidine rings is 1. The molecule has 1 aromatic carbocycles. The average molecular weight is 476 g/mol. The number of carboxylic acid groups (broad SMARTS) is 1. The highest BCUT2D eigenvalue weighted by atomic mass is 19.1. The van der Waals surface area contributed by atoms with Gasteiger partial charge in [0, 0.05) is 31.5 Å². The van der Waals surface area contributed by atoms with Crippen LogP contribution in [0.2, 0.25) is 0 Å². The summed E-state index contributed by atoms with van der Waals surface area (Å²) in [6.07, 6.45) is 1.37. The molecule has 0 spiro atoms. The standard InChI is InChI=1S/C23H30FN5O5/c1-14(2)32-11-8-26-20(25)16-4-5-19(18(24)12-16)34-22-15(3)21(27-13-28-22)33-17-6-9-29(10-7-17)23(30)31/h4-5,12-14,17H,6-11H2,1-3H3,(H2,25,26)(H,30,31). The normalized spacial score (nSPS) is 15.0. The number of carbonyl (C=O) groups is 1. The number of amidine groups is 1. The summed E-state index contributed by atoms with van der Waals surface area (Å²) in [6, 6.07) is 4.33. The monoisotopic (exact) mass is 475 g/mol. The minimum Gasteiger partial charge on any atom is -0.474 e. The van der Waals surface area contributed by atoms with Crippen LogP contribution < -0.4 is 15.2 Å². The lowest BCUT2D eigenvalue weighted by molar-refractivity contribution is 0.0852. The number of hydrogen-bond acceptors (Lipinski definition) is 7. The molecule has 0 bridgehead atoms. The van der Waals surface area contributed by atoms with Gasteiger partial charge >= 0.3 is 6.09 Å². The number of nitrogens with zero attached hydrogens (tertiary/aromatic N) is 4. The SMILES string of the molecule is Cc1c(Oc2ccc(C(N)=NCCOC(C)C)cc2F)ncnc1OC1CCN(C(=O)O)CC1. The Balaban J connectivity index is 1.64. The van der Waals surface area contributed by atoms with Crippen LogP contribution in [0.4, 0.5) is 9.18 Å². The molecule has 2 heterocycles. The van der Waals surface area contributed by atoms with Gasteiger partial charge in [0.05, 0.1) is 24.8 Å². The third kappa shape index (κ3) is 6.77. The number of likely N-dealkylation sites (tertiary alicyclic amines) is 1. The zero-order chi connectivity index (χ0) is 24.7. The topological polar surface area (TPSA) is 132 Å². The molecule has 1 amide bonds. The Morgan fingerprint density at radius 1 is 1.29 bits per heavy atom. The first-order chi connectivity index (χ1) is 16.2. The molecule has 1 aromatic heterocycles. The molecule has 1 fully saturated rings.